The first-order valence-corrected chi connectivity index (χ1v) is 10.7. The predicted octanol–water partition coefficient (Wildman–Crippen LogP) is 3.68. The maximum atomic E-state index is 14.5. The van der Waals surface area contributed by atoms with Gasteiger partial charge in [0.2, 0.25) is 0 Å². The van der Waals surface area contributed by atoms with Crippen LogP contribution in [-0.2, 0) is 17.8 Å². The highest BCUT2D eigenvalue weighted by Crippen LogP contribution is 2.15. The number of benzene rings is 2. The van der Waals surface area contributed by atoms with E-state index in [0.717, 1.165) is 29.8 Å². The van der Waals surface area contributed by atoms with Crippen molar-refractivity contribution in [1.29, 1.82) is 0 Å². The van der Waals surface area contributed by atoms with Crippen LogP contribution in [0, 0.1) is 5.82 Å². The molecular weight excluding hydrogens is 409 g/mol. The second-order valence-electron chi connectivity index (χ2n) is 7.10. The standard InChI is InChI=1S/C24H30FN5O2/c1-3-32-14-4-11-27-24(28-16-19-5-8-21(31-2)9-6-19)29-17-20-7-10-23(22(25)15-20)30-13-12-26-18-30/h5-10,12-13,15,18H,3-4,11,14,16-17H2,1-2H3,(H2,27,28,29). The molecule has 0 spiro atoms. The van der Waals surface area contributed by atoms with Crippen molar-refractivity contribution in [3.63, 3.8) is 0 Å². The van der Waals surface area contributed by atoms with E-state index in [-0.39, 0.29) is 5.82 Å². The molecule has 3 rings (SSSR count). The molecule has 1 heterocycles. The lowest BCUT2D eigenvalue weighted by atomic mass is 10.2. The molecule has 32 heavy (non-hydrogen) atoms. The molecule has 0 aliphatic heterocycles. The van der Waals surface area contributed by atoms with Gasteiger partial charge in [-0.25, -0.2) is 14.4 Å². The van der Waals surface area contributed by atoms with E-state index in [2.05, 4.69) is 20.6 Å². The van der Waals surface area contributed by atoms with Crippen LogP contribution < -0.4 is 15.4 Å². The number of imidazole rings is 1. The Kier molecular flexibility index (Phi) is 9.06. The van der Waals surface area contributed by atoms with E-state index in [1.807, 2.05) is 37.3 Å². The van der Waals surface area contributed by atoms with Crippen molar-refractivity contribution in [1.82, 2.24) is 20.2 Å². The average Bonchev–Trinajstić information content (AvgIpc) is 3.35. The number of ether oxygens (including phenoxy) is 2. The Morgan fingerprint density at radius 2 is 1.94 bits per heavy atom. The van der Waals surface area contributed by atoms with E-state index in [0.29, 0.717) is 38.0 Å². The minimum atomic E-state index is -0.312. The summed E-state index contributed by atoms with van der Waals surface area (Å²) < 4.78 is 26.8. The van der Waals surface area contributed by atoms with Gasteiger partial charge in [-0.1, -0.05) is 18.2 Å². The number of hydrogen-bond donors (Lipinski definition) is 2. The van der Waals surface area contributed by atoms with E-state index < -0.39 is 0 Å². The van der Waals surface area contributed by atoms with Crippen LogP contribution in [-0.4, -0.2) is 42.4 Å². The molecule has 0 aliphatic rings. The molecule has 0 bridgehead atoms. The van der Waals surface area contributed by atoms with Crippen molar-refractivity contribution in [3.05, 3.63) is 78.1 Å². The third kappa shape index (κ3) is 7.09. The van der Waals surface area contributed by atoms with Gasteiger partial charge in [0.15, 0.2) is 5.96 Å². The molecule has 0 aliphatic carbocycles. The number of nitrogens with one attached hydrogen (secondary N) is 2. The van der Waals surface area contributed by atoms with Gasteiger partial charge in [0.05, 0.1) is 25.7 Å². The summed E-state index contributed by atoms with van der Waals surface area (Å²) in [7, 11) is 1.65. The normalized spacial score (nSPS) is 11.4. The highest BCUT2D eigenvalue weighted by Gasteiger charge is 2.06. The number of methoxy groups -OCH3 is 1. The van der Waals surface area contributed by atoms with Gasteiger partial charge in [-0.15, -0.1) is 0 Å². The smallest absolute Gasteiger partial charge is 0.191 e. The first-order valence-electron chi connectivity index (χ1n) is 10.7. The second-order valence-corrected chi connectivity index (χ2v) is 7.10. The van der Waals surface area contributed by atoms with Gasteiger partial charge in [0, 0.05) is 38.7 Å². The number of halogens is 1. The summed E-state index contributed by atoms with van der Waals surface area (Å²) >= 11 is 0. The molecule has 170 valence electrons. The Bertz CT molecular complexity index is 975. The molecule has 0 unspecified atom stereocenters. The van der Waals surface area contributed by atoms with Crippen LogP contribution in [0.2, 0.25) is 0 Å². The van der Waals surface area contributed by atoms with Crippen molar-refractivity contribution in [2.75, 3.05) is 26.9 Å². The summed E-state index contributed by atoms with van der Waals surface area (Å²) in [5, 5.41) is 6.65. The zero-order valence-corrected chi connectivity index (χ0v) is 18.6. The van der Waals surface area contributed by atoms with Gasteiger partial charge in [0.1, 0.15) is 11.6 Å². The second kappa shape index (κ2) is 12.5. The molecular formula is C24H30FN5O2. The summed E-state index contributed by atoms with van der Waals surface area (Å²) in [6, 6.07) is 13.0. The summed E-state index contributed by atoms with van der Waals surface area (Å²) in [5.74, 6) is 1.17. The van der Waals surface area contributed by atoms with Crippen LogP contribution in [0.3, 0.4) is 0 Å². The molecule has 0 fully saturated rings. The summed E-state index contributed by atoms with van der Waals surface area (Å²) in [5.41, 5.74) is 2.35. The zero-order chi connectivity index (χ0) is 22.6. The monoisotopic (exact) mass is 439 g/mol. The lowest BCUT2D eigenvalue weighted by Gasteiger charge is -2.13. The van der Waals surface area contributed by atoms with Crippen molar-refractivity contribution in [2.24, 2.45) is 4.99 Å². The lowest BCUT2D eigenvalue weighted by molar-refractivity contribution is 0.145. The minimum absolute atomic E-state index is 0.312. The van der Waals surface area contributed by atoms with Crippen LogP contribution >= 0.6 is 0 Å². The number of guanidine groups is 1. The molecule has 2 N–H and O–H groups in total. The first-order chi connectivity index (χ1) is 15.7. The lowest BCUT2D eigenvalue weighted by Crippen LogP contribution is -2.37. The van der Waals surface area contributed by atoms with Crippen LogP contribution in [0.5, 0.6) is 5.75 Å². The van der Waals surface area contributed by atoms with Gasteiger partial charge < -0.3 is 24.7 Å². The summed E-state index contributed by atoms with van der Waals surface area (Å²) in [6.45, 7) is 5.06. The third-order valence-corrected chi connectivity index (χ3v) is 4.80. The minimum Gasteiger partial charge on any atom is -0.497 e. The molecule has 0 atom stereocenters. The van der Waals surface area contributed by atoms with Crippen LogP contribution in [0.15, 0.2) is 66.2 Å². The van der Waals surface area contributed by atoms with Gasteiger partial charge in [-0.05, 0) is 48.7 Å². The number of aliphatic imine (C=N–C) groups is 1. The Morgan fingerprint density at radius 1 is 1.12 bits per heavy atom. The van der Waals surface area contributed by atoms with E-state index in [9.17, 15) is 4.39 Å². The van der Waals surface area contributed by atoms with E-state index >= 15 is 0 Å². The van der Waals surface area contributed by atoms with Crippen LogP contribution in [0.4, 0.5) is 4.39 Å². The fourth-order valence-corrected chi connectivity index (χ4v) is 3.06. The van der Waals surface area contributed by atoms with Gasteiger partial charge in [-0.2, -0.15) is 0 Å². The van der Waals surface area contributed by atoms with Crippen molar-refractivity contribution in [3.8, 4) is 11.4 Å². The Labute approximate surface area is 188 Å². The van der Waals surface area contributed by atoms with Gasteiger partial charge in [-0.3, -0.25) is 0 Å². The average molecular weight is 440 g/mol. The molecule has 0 amide bonds. The largest absolute Gasteiger partial charge is 0.497 e. The molecule has 1 aromatic heterocycles. The van der Waals surface area contributed by atoms with E-state index in [1.165, 1.54) is 6.07 Å². The van der Waals surface area contributed by atoms with Crippen LogP contribution in [0.25, 0.3) is 5.69 Å². The molecule has 0 saturated heterocycles. The molecule has 2 aromatic carbocycles. The number of aromatic nitrogens is 2. The Hall–Kier alpha value is -3.39. The van der Waals surface area contributed by atoms with Crippen molar-refractivity contribution >= 4 is 5.96 Å². The summed E-state index contributed by atoms with van der Waals surface area (Å²) in [4.78, 5) is 8.60. The molecule has 3 aromatic rings. The summed E-state index contributed by atoms with van der Waals surface area (Å²) in [6.07, 6.45) is 5.77. The zero-order valence-electron chi connectivity index (χ0n) is 18.6. The van der Waals surface area contributed by atoms with Crippen molar-refractivity contribution in [2.45, 2.75) is 26.4 Å². The maximum Gasteiger partial charge on any atom is 0.191 e. The molecule has 7 nitrogen and oxygen atoms in total. The number of nitrogens with zero attached hydrogens (tertiary/aromatic N) is 3. The topological polar surface area (TPSA) is 72.7 Å². The predicted molar refractivity (Wildman–Crippen MR) is 124 cm³/mol. The SMILES string of the molecule is CCOCCCNC(=NCc1ccc(-n2ccnc2)c(F)c1)NCc1ccc(OC)cc1. The van der Waals surface area contributed by atoms with E-state index in [1.54, 1.807) is 36.5 Å². The number of rotatable bonds is 11. The fraction of sp³-hybridized carbons (Fsp3) is 0.333. The van der Waals surface area contributed by atoms with Crippen molar-refractivity contribution < 1.29 is 13.9 Å². The van der Waals surface area contributed by atoms with Crippen LogP contribution in [0.1, 0.15) is 24.5 Å². The Balaban J connectivity index is 1.63. The van der Waals surface area contributed by atoms with Gasteiger partial charge >= 0.3 is 0 Å². The first kappa shape index (κ1) is 23.3. The Morgan fingerprint density at radius 3 is 2.62 bits per heavy atom. The fourth-order valence-electron chi connectivity index (χ4n) is 3.06. The number of hydrogen-bond acceptors (Lipinski definition) is 4. The third-order valence-electron chi connectivity index (χ3n) is 4.80. The van der Waals surface area contributed by atoms with Gasteiger partial charge in [0.25, 0.3) is 0 Å². The maximum absolute atomic E-state index is 14.5. The quantitative estimate of drug-likeness (QED) is 0.271. The molecule has 8 heteroatoms. The highest BCUT2D eigenvalue weighted by molar-refractivity contribution is 5.79. The molecule has 0 radical (unpaired) electrons. The molecule has 0 saturated carbocycles. The van der Waals surface area contributed by atoms with E-state index in [4.69, 9.17) is 9.47 Å². The highest BCUT2D eigenvalue weighted by atomic mass is 19.1.